The van der Waals surface area contributed by atoms with Gasteiger partial charge >= 0.3 is 0 Å². The van der Waals surface area contributed by atoms with E-state index in [1.54, 1.807) is 35.1 Å². The summed E-state index contributed by atoms with van der Waals surface area (Å²) in [6.07, 6.45) is 2.00. The molecule has 2 amide bonds. The average Bonchev–Trinajstić information content (AvgIpc) is 3.40. The van der Waals surface area contributed by atoms with E-state index >= 15 is 0 Å². The molecule has 1 atom stereocenters. The topological polar surface area (TPSA) is 54.8 Å². The smallest absolute Gasteiger partial charge is 0.254 e. The van der Waals surface area contributed by atoms with Crippen LogP contribution < -0.4 is 9.64 Å². The highest BCUT2D eigenvalue weighted by Gasteiger charge is 2.37. The second-order valence-corrected chi connectivity index (χ2v) is 10.3. The number of amides is 2. The minimum Gasteiger partial charge on any atom is -0.497 e. The zero-order valence-electron chi connectivity index (χ0n) is 21.3. The summed E-state index contributed by atoms with van der Waals surface area (Å²) >= 11 is 12.3. The van der Waals surface area contributed by atoms with E-state index < -0.39 is 6.04 Å². The first kappa shape index (κ1) is 25.9. The number of carbonyl (C=O) groups is 2. The number of ether oxygens (including phenoxy) is 1. The maximum atomic E-state index is 14.2. The molecular formula is C30H27Cl2N3O3. The highest BCUT2D eigenvalue weighted by molar-refractivity contribution is 6.35. The summed E-state index contributed by atoms with van der Waals surface area (Å²) in [4.78, 5) is 31.1. The van der Waals surface area contributed by atoms with Crippen LogP contribution in [0.3, 0.4) is 0 Å². The van der Waals surface area contributed by atoms with Crippen molar-refractivity contribution in [2.24, 2.45) is 0 Å². The molecule has 1 aliphatic rings. The van der Waals surface area contributed by atoms with Gasteiger partial charge in [-0.2, -0.15) is 0 Å². The largest absolute Gasteiger partial charge is 0.497 e. The number of hydrogen-bond acceptors (Lipinski definition) is 3. The third-order valence-electron chi connectivity index (χ3n) is 6.72. The van der Waals surface area contributed by atoms with Crippen LogP contribution in [0, 0.1) is 0 Å². The average molecular weight is 548 g/mol. The van der Waals surface area contributed by atoms with Gasteiger partial charge in [-0.3, -0.25) is 14.5 Å². The molecule has 2 heterocycles. The first-order valence-corrected chi connectivity index (χ1v) is 13.0. The van der Waals surface area contributed by atoms with Crippen LogP contribution in [-0.4, -0.2) is 41.0 Å². The van der Waals surface area contributed by atoms with Gasteiger partial charge in [-0.1, -0.05) is 47.5 Å². The molecule has 1 aliphatic heterocycles. The fourth-order valence-corrected chi connectivity index (χ4v) is 5.44. The van der Waals surface area contributed by atoms with Gasteiger partial charge in [0, 0.05) is 27.8 Å². The zero-order valence-corrected chi connectivity index (χ0v) is 22.8. The molecule has 1 aromatic heterocycles. The van der Waals surface area contributed by atoms with Gasteiger partial charge in [-0.25, -0.2) is 0 Å². The van der Waals surface area contributed by atoms with Crippen LogP contribution in [0.15, 0.2) is 85.1 Å². The maximum absolute atomic E-state index is 14.2. The summed E-state index contributed by atoms with van der Waals surface area (Å²) in [6, 6.07) is 23.6. The molecule has 5 rings (SSSR count). The Balaban J connectivity index is 1.57. The molecular weight excluding hydrogens is 521 g/mol. The molecule has 0 radical (unpaired) electrons. The van der Waals surface area contributed by atoms with Crippen LogP contribution in [0.5, 0.6) is 5.75 Å². The van der Waals surface area contributed by atoms with Gasteiger partial charge in [-0.15, -0.1) is 0 Å². The Labute approximate surface area is 231 Å². The molecule has 4 aromatic rings. The Morgan fingerprint density at radius 1 is 0.921 bits per heavy atom. The van der Waals surface area contributed by atoms with Gasteiger partial charge < -0.3 is 14.2 Å². The summed E-state index contributed by atoms with van der Waals surface area (Å²) in [6.45, 7) is 3.64. The van der Waals surface area contributed by atoms with Crippen LogP contribution in [-0.2, 0) is 4.79 Å². The van der Waals surface area contributed by atoms with E-state index in [9.17, 15) is 9.59 Å². The molecule has 38 heavy (non-hydrogen) atoms. The van der Waals surface area contributed by atoms with Crippen molar-refractivity contribution < 1.29 is 14.3 Å². The van der Waals surface area contributed by atoms with Crippen molar-refractivity contribution in [3.8, 4) is 11.4 Å². The molecule has 6 nitrogen and oxygen atoms in total. The molecule has 0 fully saturated rings. The minimum atomic E-state index is -0.400. The Morgan fingerprint density at radius 2 is 1.58 bits per heavy atom. The number of rotatable bonds is 6. The number of fused-ring (bicyclic) bond motifs is 3. The van der Waals surface area contributed by atoms with Crippen molar-refractivity contribution in [3.63, 3.8) is 0 Å². The lowest BCUT2D eigenvalue weighted by Crippen LogP contribution is -2.48. The van der Waals surface area contributed by atoms with E-state index in [2.05, 4.69) is 4.57 Å². The quantitative estimate of drug-likeness (QED) is 0.267. The number of benzene rings is 3. The predicted octanol–water partition coefficient (Wildman–Crippen LogP) is 6.78. The summed E-state index contributed by atoms with van der Waals surface area (Å²) in [5.74, 6) is 0.211. The number of halogens is 2. The second kappa shape index (κ2) is 10.6. The van der Waals surface area contributed by atoms with Crippen molar-refractivity contribution in [2.75, 3.05) is 18.6 Å². The third-order valence-corrected chi connectivity index (χ3v) is 7.16. The Kier molecular flexibility index (Phi) is 7.19. The lowest BCUT2D eigenvalue weighted by atomic mass is 9.97. The van der Waals surface area contributed by atoms with Crippen LogP contribution >= 0.6 is 23.2 Å². The van der Waals surface area contributed by atoms with Crippen LogP contribution in [0.4, 0.5) is 5.69 Å². The zero-order chi connectivity index (χ0) is 27.0. The van der Waals surface area contributed by atoms with Crippen LogP contribution in [0.1, 0.15) is 41.5 Å². The van der Waals surface area contributed by atoms with Gasteiger partial charge in [0.25, 0.3) is 5.91 Å². The molecule has 0 saturated heterocycles. The van der Waals surface area contributed by atoms with E-state index in [0.29, 0.717) is 15.6 Å². The third kappa shape index (κ3) is 4.77. The monoisotopic (exact) mass is 547 g/mol. The molecule has 0 bridgehead atoms. The highest BCUT2D eigenvalue weighted by Crippen LogP contribution is 2.42. The van der Waals surface area contributed by atoms with Crippen molar-refractivity contribution in [3.05, 3.63) is 112 Å². The Hall–Kier alpha value is -3.74. The predicted molar refractivity (Wildman–Crippen MR) is 151 cm³/mol. The number of methoxy groups -OCH3 is 1. The van der Waals surface area contributed by atoms with Gasteiger partial charge in [-0.05, 0) is 74.0 Å². The Bertz CT molecular complexity index is 1480. The van der Waals surface area contributed by atoms with Crippen LogP contribution in [0.25, 0.3) is 5.69 Å². The SMILES string of the molecule is COc1ccc(C2c3cccn3-c3ccccc3N2C(=O)CN(C(=O)c2cc(Cl)cc(Cl)c2)C(C)C)cc1. The number of para-hydroxylation sites is 2. The number of aromatic nitrogens is 1. The van der Waals surface area contributed by atoms with Gasteiger partial charge in [0.15, 0.2) is 0 Å². The van der Waals surface area contributed by atoms with Crippen molar-refractivity contribution >= 4 is 40.7 Å². The maximum Gasteiger partial charge on any atom is 0.254 e. The standard InChI is InChI=1S/C30H27Cl2N3O3/c1-19(2)34(30(37)21-15-22(31)17-23(32)16-21)18-28(36)35-26-8-5-4-7-25(26)33-14-6-9-27(33)29(35)20-10-12-24(38-3)13-11-20/h4-17,19,29H,18H2,1-3H3. The van der Waals surface area contributed by atoms with E-state index in [-0.39, 0.29) is 24.4 Å². The lowest BCUT2D eigenvalue weighted by molar-refractivity contribution is -0.120. The van der Waals surface area contributed by atoms with Gasteiger partial charge in [0.1, 0.15) is 18.3 Å². The second-order valence-electron chi connectivity index (χ2n) is 9.42. The fraction of sp³-hybridized carbons (Fsp3) is 0.200. The van der Waals surface area contributed by atoms with E-state index in [1.807, 2.05) is 80.7 Å². The van der Waals surface area contributed by atoms with E-state index in [0.717, 1.165) is 28.4 Å². The van der Waals surface area contributed by atoms with Crippen molar-refractivity contribution in [1.29, 1.82) is 0 Å². The molecule has 8 heteroatoms. The van der Waals surface area contributed by atoms with Crippen molar-refractivity contribution in [1.82, 2.24) is 9.47 Å². The Morgan fingerprint density at radius 3 is 2.21 bits per heavy atom. The lowest BCUT2D eigenvalue weighted by Gasteiger charge is -2.40. The molecule has 0 saturated carbocycles. The number of nitrogens with zero attached hydrogens (tertiary/aromatic N) is 3. The summed E-state index contributed by atoms with van der Waals surface area (Å²) < 4.78 is 7.46. The molecule has 3 aromatic carbocycles. The molecule has 0 aliphatic carbocycles. The fourth-order valence-electron chi connectivity index (χ4n) is 4.92. The van der Waals surface area contributed by atoms with E-state index in [4.69, 9.17) is 27.9 Å². The minimum absolute atomic E-state index is 0.123. The summed E-state index contributed by atoms with van der Waals surface area (Å²) in [7, 11) is 1.62. The van der Waals surface area contributed by atoms with Gasteiger partial charge in [0.2, 0.25) is 5.91 Å². The first-order chi connectivity index (χ1) is 18.3. The van der Waals surface area contributed by atoms with E-state index in [1.165, 1.54) is 0 Å². The first-order valence-electron chi connectivity index (χ1n) is 12.3. The molecule has 0 N–H and O–H groups in total. The number of anilines is 1. The number of hydrogen-bond donors (Lipinski definition) is 0. The summed E-state index contributed by atoms with van der Waals surface area (Å²) in [5.41, 5.74) is 3.88. The summed E-state index contributed by atoms with van der Waals surface area (Å²) in [5, 5.41) is 0.724. The molecule has 194 valence electrons. The highest BCUT2D eigenvalue weighted by atomic mass is 35.5. The van der Waals surface area contributed by atoms with Crippen molar-refractivity contribution in [2.45, 2.75) is 25.9 Å². The normalized spacial score (nSPS) is 14.2. The number of carbonyl (C=O) groups excluding carboxylic acids is 2. The van der Waals surface area contributed by atoms with Gasteiger partial charge in [0.05, 0.1) is 24.2 Å². The van der Waals surface area contributed by atoms with Crippen LogP contribution in [0.2, 0.25) is 10.0 Å². The molecule has 1 unspecified atom stereocenters. The molecule has 0 spiro atoms.